The average molecular weight is 362 g/mol. The molecule has 0 amide bonds. The summed E-state index contributed by atoms with van der Waals surface area (Å²) in [6.45, 7) is 0.723. The molecular weight excluding hydrogens is 336 g/mol. The molecule has 0 saturated heterocycles. The number of hydrogen-bond acceptors (Lipinski definition) is 3. The lowest BCUT2D eigenvalue weighted by atomic mass is 9.90. The summed E-state index contributed by atoms with van der Waals surface area (Å²) in [6, 6.07) is 13.8. The fraction of sp³-hybridized carbons (Fsp3) is 0.375. The van der Waals surface area contributed by atoms with Crippen molar-refractivity contribution in [2.24, 2.45) is 5.92 Å². The summed E-state index contributed by atoms with van der Waals surface area (Å²) in [7, 11) is 1.65. The summed E-state index contributed by atoms with van der Waals surface area (Å²) in [5, 5.41) is 0. The van der Waals surface area contributed by atoms with Gasteiger partial charge in [-0.05, 0) is 54.2 Å². The number of fused-ring (bicyclic) bond motifs is 1. The summed E-state index contributed by atoms with van der Waals surface area (Å²) >= 11 is 0. The minimum absolute atomic E-state index is 0.0973. The van der Waals surface area contributed by atoms with Crippen molar-refractivity contribution in [3.63, 3.8) is 0 Å². The summed E-state index contributed by atoms with van der Waals surface area (Å²) in [5.41, 5.74) is 3.66. The summed E-state index contributed by atoms with van der Waals surface area (Å²) in [4.78, 5) is 13.0. The Morgan fingerprint density at radius 2 is 1.81 bits per heavy atom. The highest BCUT2D eigenvalue weighted by Crippen LogP contribution is 2.35. The molecular formula is C24H26O3. The number of rotatable bonds is 5. The summed E-state index contributed by atoms with van der Waals surface area (Å²) in [5.74, 6) is 2.29. The molecule has 0 bridgehead atoms. The first kappa shape index (κ1) is 17.8. The van der Waals surface area contributed by atoms with Gasteiger partial charge in [0.05, 0.1) is 19.3 Å². The van der Waals surface area contributed by atoms with Gasteiger partial charge < -0.3 is 9.47 Å². The first-order chi connectivity index (χ1) is 13.2. The van der Waals surface area contributed by atoms with E-state index in [1.807, 2.05) is 48.5 Å². The monoisotopic (exact) mass is 362 g/mol. The largest absolute Gasteiger partial charge is 0.497 e. The number of benzene rings is 2. The summed E-state index contributed by atoms with van der Waals surface area (Å²) < 4.78 is 11.3. The van der Waals surface area contributed by atoms with Crippen LogP contribution in [0.1, 0.15) is 53.6 Å². The first-order valence-electron chi connectivity index (χ1n) is 9.88. The van der Waals surface area contributed by atoms with Gasteiger partial charge in [0.15, 0.2) is 5.78 Å². The van der Waals surface area contributed by atoms with Gasteiger partial charge in [-0.25, -0.2) is 0 Å². The van der Waals surface area contributed by atoms with Gasteiger partial charge in [0.25, 0.3) is 0 Å². The Labute approximate surface area is 161 Å². The maximum absolute atomic E-state index is 13.0. The third kappa shape index (κ3) is 3.92. The second-order valence-electron chi connectivity index (χ2n) is 7.55. The van der Waals surface area contributed by atoms with Crippen LogP contribution in [0.2, 0.25) is 0 Å². The molecule has 27 heavy (non-hydrogen) atoms. The van der Waals surface area contributed by atoms with Crippen LogP contribution >= 0.6 is 0 Å². The average Bonchev–Trinajstić information content (AvgIpc) is 3.04. The van der Waals surface area contributed by atoms with Crippen LogP contribution in [-0.2, 0) is 6.42 Å². The lowest BCUT2D eigenvalue weighted by molar-refractivity contribution is 0.103. The zero-order valence-corrected chi connectivity index (χ0v) is 15.9. The second-order valence-corrected chi connectivity index (χ2v) is 7.55. The number of methoxy groups -OCH3 is 1. The highest BCUT2D eigenvalue weighted by molar-refractivity contribution is 6.17. The molecule has 0 heterocycles. The van der Waals surface area contributed by atoms with Crippen LogP contribution in [-0.4, -0.2) is 19.5 Å². The molecule has 3 heteroatoms. The molecule has 0 atom stereocenters. The smallest absolute Gasteiger partial charge is 0.193 e. The van der Waals surface area contributed by atoms with E-state index in [1.165, 1.54) is 32.1 Å². The molecule has 1 fully saturated rings. The molecule has 2 aliphatic rings. The van der Waals surface area contributed by atoms with Crippen molar-refractivity contribution in [2.45, 2.75) is 38.5 Å². The first-order valence-corrected chi connectivity index (χ1v) is 9.88. The van der Waals surface area contributed by atoms with Crippen LogP contribution in [0.25, 0.3) is 6.08 Å². The predicted molar refractivity (Wildman–Crippen MR) is 108 cm³/mol. The number of carbonyl (C=O) groups excluding carboxylic acids is 1. The van der Waals surface area contributed by atoms with Crippen molar-refractivity contribution in [1.29, 1.82) is 0 Å². The molecule has 3 nitrogen and oxygen atoms in total. The van der Waals surface area contributed by atoms with Gasteiger partial charge in [0.1, 0.15) is 11.5 Å². The fourth-order valence-corrected chi connectivity index (χ4v) is 4.13. The molecule has 4 rings (SSSR count). The molecule has 140 valence electrons. The van der Waals surface area contributed by atoms with E-state index in [0.29, 0.717) is 12.3 Å². The summed E-state index contributed by atoms with van der Waals surface area (Å²) in [6.07, 6.45) is 9.07. The van der Waals surface area contributed by atoms with Crippen LogP contribution in [0, 0.1) is 5.92 Å². The number of ketones is 1. The highest BCUT2D eigenvalue weighted by Gasteiger charge is 2.28. The van der Waals surface area contributed by atoms with Gasteiger partial charge in [0, 0.05) is 12.0 Å². The van der Waals surface area contributed by atoms with Crippen molar-refractivity contribution in [1.82, 2.24) is 0 Å². The Balaban J connectivity index is 1.52. The van der Waals surface area contributed by atoms with Gasteiger partial charge in [-0.2, -0.15) is 0 Å². The molecule has 1 saturated carbocycles. The van der Waals surface area contributed by atoms with Crippen molar-refractivity contribution in [2.75, 3.05) is 13.7 Å². The lowest BCUT2D eigenvalue weighted by Crippen LogP contribution is -2.16. The van der Waals surface area contributed by atoms with Crippen molar-refractivity contribution >= 4 is 11.9 Å². The molecule has 2 aliphatic carbocycles. The van der Waals surface area contributed by atoms with Gasteiger partial charge >= 0.3 is 0 Å². The van der Waals surface area contributed by atoms with Gasteiger partial charge in [-0.15, -0.1) is 0 Å². The molecule has 0 aliphatic heterocycles. The topological polar surface area (TPSA) is 35.5 Å². The number of Topliss-reactive ketones (excluding diaryl/α,β-unsaturated/α-hetero) is 1. The lowest BCUT2D eigenvalue weighted by Gasteiger charge is -2.22. The maximum Gasteiger partial charge on any atom is 0.193 e. The zero-order valence-electron chi connectivity index (χ0n) is 15.9. The Morgan fingerprint density at radius 3 is 2.56 bits per heavy atom. The molecule has 2 aromatic rings. The van der Waals surface area contributed by atoms with Crippen molar-refractivity contribution < 1.29 is 14.3 Å². The van der Waals surface area contributed by atoms with Crippen LogP contribution in [0.5, 0.6) is 11.5 Å². The zero-order chi connectivity index (χ0) is 18.6. The van der Waals surface area contributed by atoms with Crippen molar-refractivity contribution in [3.8, 4) is 11.5 Å². The van der Waals surface area contributed by atoms with Crippen molar-refractivity contribution in [3.05, 3.63) is 64.7 Å². The quantitative estimate of drug-likeness (QED) is 0.661. The van der Waals surface area contributed by atoms with E-state index in [9.17, 15) is 4.79 Å². The van der Waals surface area contributed by atoms with Crippen LogP contribution < -0.4 is 9.47 Å². The standard InChI is InChI=1S/C24H26O3/c1-26-21-12-10-17(11-13-21)14-20-15-19-8-5-9-22(23(19)24(20)25)27-16-18-6-3-2-4-7-18/h5,8-14,18H,2-4,6-7,15-16H2,1H3/b20-14+. The number of ether oxygens (including phenoxy) is 2. The Bertz CT molecular complexity index is 842. The fourth-order valence-electron chi connectivity index (χ4n) is 4.13. The van der Waals surface area contributed by atoms with Crippen LogP contribution in [0.15, 0.2) is 48.0 Å². The Morgan fingerprint density at radius 1 is 1.04 bits per heavy atom. The SMILES string of the molecule is COc1ccc(/C=C2\Cc3cccc(OCC4CCCCC4)c3C2=O)cc1. The minimum Gasteiger partial charge on any atom is -0.497 e. The van der Waals surface area contributed by atoms with Crippen LogP contribution in [0.4, 0.5) is 0 Å². The van der Waals surface area contributed by atoms with Gasteiger partial charge in [-0.3, -0.25) is 4.79 Å². The highest BCUT2D eigenvalue weighted by atomic mass is 16.5. The molecule has 0 N–H and O–H groups in total. The Kier molecular flexibility index (Phi) is 5.28. The Hall–Kier alpha value is -2.55. The molecule has 2 aromatic carbocycles. The van der Waals surface area contributed by atoms with Gasteiger partial charge in [-0.1, -0.05) is 43.5 Å². The van der Waals surface area contributed by atoms with E-state index in [0.717, 1.165) is 40.4 Å². The van der Waals surface area contributed by atoms with Crippen LogP contribution in [0.3, 0.4) is 0 Å². The number of allylic oxidation sites excluding steroid dienone is 1. The third-order valence-corrected chi connectivity index (χ3v) is 5.67. The van der Waals surface area contributed by atoms with Gasteiger partial charge in [0.2, 0.25) is 0 Å². The maximum atomic E-state index is 13.0. The van der Waals surface area contributed by atoms with E-state index < -0.39 is 0 Å². The predicted octanol–water partition coefficient (Wildman–Crippen LogP) is 5.48. The molecule has 0 spiro atoms. The normalized spacial score (nSPS) is 18.6. The molecule has 0 radical (unpaired) electrons. The molecule has 0 unspecified atom stereocenters. The van der Waals surface area contributed by atoms with E-state index in [-0.39, 0.29) is 5.78 Å². The van der Waals surface area contributed by atoms with E-state index in [4.69, 9.17) is 9.47 Å². The second kappa shape index (κ2) is 7.99. The van der Waals surface area contributed by atoms with E-state index >= 15 is 0 Å². The number of carbonyl (C=O) groups is 1. The van der Waals surface area contributed by atoms with E-state index in [2.05, 4.69) is 0 Å². The van der Waals surface area contributed by atoms with E-state index in [1.54, 1.807) is 7.11 Å². The minimum atomic E-state index is 0.0973. The third-order valence-electron chi connectivity index (χ3n) is 5.67. The molecule has 0 aromatic heterocycles. The number of hydrogen-bond donors (Lipinski definition) is 0.